The molecule has 3 aromatic heterocycles. The number of nitrogens with two attached hydrogens (primary N) is 1. The Kier molecular flexibility index (Phi) is 4.34. The summed E-state index contributed by atoms with van der Waals surface area (Å²) < 4.78 is 1.81. The molecule has 0 aromatic carbocycles. The second kappa shape index (κ2) is 7.23. The van der Waals surface area contributed by atoms with Gasteiger partial charge in [0, 0.05) is 49.6 Å². The van der Waals surface area contributed by atoms with Crippen LogP contribution in [0.3, 0.4) is 0 Å². The van der Waals surface area contributed by atoms with Gasteiger partial charge in [-0.1, -0.05) is 0 Å². The summed E-state index contributed by atoms with van der Waals surface area (Å²) in [6.07, 6.45) is 6.95. The first-order valence-electron chi connectivity index (χ1n) is 11.1. The number of anilines is 3. The van der Waals surface area contributed by atoms with E-state index in [9.17, 15) is 4.79 Å². The molecule has 1 aliphatic carbocycles. The fourth-order valence-electron chi connectivity index (χ4n) is 4.72. The van der Waals surface area contributed by atoms with E-state index in [0.717, 1.165) is 49.4 Å². The number of carbonyl (C=O) groups excluding carboxylic acids is 1. The van der Waals surface area contributed by atoms with Crippen molar-refractivity contribution in [2.24, 2.45) is 5.73 Å². The molecule has 0 unspecified atom stereocenters. The molecular formula is C21H27N9O. The largest absolute Gasteiger partial charge is 0.339 e. The van der Waals surface area contributed by atoms with Crippen LogP contribution in [0, 0.1) is 0 Å². The molecule has 162 valence electrons. The Balaban J connectivity index is 1.30. The van der Waals surface area contributed by atoms with Crippen molar-refractivity contribution >= 4 is 29.0 Å². The van der Waals surface area contributed by atoms with E-state index in [0.29, 0.717) is 24.2 Å². The van der Waals surface area contributed by atoms with Gasteiger partial charge in [0.05, 0.1) is 0 Å². The summed E-state index contributed by atoms with van der Waals surface area (Å²) in [4.78, 5) is 21.9. The average Bonchev–Trinajstić information content (AvgIpc) is 3.22. The topological polar surface area (TPSA) is 120 Å². The Bertz CT molecular complexity index is 1120. The van der Waals surface area contributed by atoms with Gasteiger partial charge < -0.3 is 20.9 Å². The second-order valence-corrected chi connectivity index (χ2v) is 8.89. The third-order valence-electron chi connectivity index (χ3n) is 6.57. The molecule has 6 rings (SSSR count). The van der Waals surface area contributed by atoms with Crippen molar-refractivity contribution in [3.8, 4) is 0 Å². The Morgan fingerprint density at radius 1 is 1.23 bits per heavy atom. The van der Waals surface area contributed by atoms with E-state index in [2.05, 4.69) is 21.6 Å². The van der Waals surface area contributed by atoms with E-state index < -0.39 is 0 Å². The molecule has 0 bridgehead atoms. The third-order valence-corrected chi connectivity index (χ3v) is 6.57. The zero-order valence-corrected chi connectivity index (χ0v) is 17.4. The van der Waals surface area contributed by atoms with Crippen molar-refractivity contribution in [3.63, 3.8) is 0 Å². The minimum atomic E-state index is -0.238. The number of hydrogen-bond acceptors (Lipinski definition) is 7. The lowest BCUT2D eigenvalue weighted by Crippen LogP contribution is -2.46. The van der Waals surface area contributed by atoms with Crippen LogP contribution in [0.2, 0.25) is 0 Å². The molecule has 4 N–H and O–H groups in total. The van der Waals surface area contributed by atoms with E-state index in [4.69, 9.17) is 15.8 Å². The molecule has 3 aromatic rings. The summed E-state index contributed by atoms with van der Waals surface area (Å²) in [6, 6.07) is 5.81. The van der Waals surface area contributed by atoms with Gasteiger partial charge in [-0.3, -0.25) is 9.89 Å². The third kappa shape index (κ3) is 3.40. The van der Waals surface area contributed by atoms with Gasteiger partial charge >= 0.3 is 0 Å². The van der Waals surface area contributed by atoms with Crippen LogP contribution in [0.25, 0.3) is 5.52 Å². The van der Waals surface area contributed by atoms with Crippen molar-refractivity contribution in [3.05, 3.63) is 30.1 Å². The lowest BCUT2D eigenvalue weighted by Gasteiger charge is -2.28. The zero-order chi connectivity index (χ0) is 20.9. The highest BCUT2D eigenvalue weighted by Gasteiger charge is 2.37. The smallest absolute Gasteiger partial charge is 0.246 e. The quantitative estimate of drug-likeness (QED) is 0.572. The highest BCUT2D eigenvalue weighted by Crippen LogP contribution is 2.39. The first-order valence-corrected chi connectivity index (χ1v) is 11.1. The average molecular weight is 422 g/mol. The summed E-state index contributed by atoms with van der Waals surface area (Å²) in [6.45, 7) is 2.13. The summed E-state index contributed by atoms with van der Waals surface area (Å²) in [7, 11) is 0. The summed E-state index contributed by atoms with van der Waals surface area (Å²) >= 11 is 0. The van der Waals surface area contributed by atoms with Crippen LogP contribution < -0.4 is 16.0 Å². The monoisotopic (exact) mass is 421 g/mol. The molecule has 31 heavy (non-hydrogen) atoms. The minimum Gasteiger partial charge on any atom is -0.339 e. The van der Waals surface area contributed by atoms with E-state index in [1.165, 1.54) is 12.8 Å². The summed E-state index contributed by atoms with van der Waals surface area (Å²) in [5.74, 6) is 2.73. The van der Waals surface area contributed by atoms with Crippen LogP contribution in [0.5, 0.6) is 0 Å². The van der Waals surface area contributed by atoms with Crippen LogP contribution in [0.1, 0.15) is 43.7 Å². The summed E-state index contributed by atoms with van der Waals surface area (Å²) in [5.41, 5.74) is 8.05. The first kappa shape index (κ1) is 18.6. The Labute approximate surface area is 179 Å². The van der Waals surface area contributed by atoms with Crippen LogP contribution >= 0.6 is 0 Å². The molecule has 2 saturated heterocycles. The lowest BCUT2D eigenvalue weighted by atomic mass is 10.2. The predicted molar refractivity (Wildman–Crippen MR) is 116 cm³/mol. The highest BCUT2D eigenvalue weighted by atomic mass is 16.2. The maximum Gasteiger partial charge on any atom is 0.246 e. The second-order valence-electron chi connectivity index (χ2n) is 8.89. The Hall–Kier alpha value is -3.14. The zero-order valence-electron chi connectivity index (χ0n) is 17.4. The van der Waals surface area contributed by atoms with E-state index in [1.54, 1.807) is 0 Å². The first-order chi connectivity index (χ1) is 15.2. The van der Waals surface area contributed by atoms with Gasteiger partial charge in [-0.05, 0) is 44.2 Å². The number of nitrogens with one attached hydrogen (secondary N) is 2. The van der Waals surface area contributed by atoms with Crippen LogP contribution in [-0.2, 0) is 4.79 Å². The number of aromatic amines is 1. The number of hydrogen-bond donors (Lipinski definition) is 3. The molecule has 10 nitrogen and oxygen atoms in total. The van der Waals surface area contributed by atoms with Gasteiger partial charge in [0.15, 0.2) is 11.6 Å². The number of aromatic nitrogens is 5. The fraction of sp³-hybridized carbons (Fsp3) is 0.524. The van der Waals surface area contributed by atoms with Gasteiger partial charge in [0.2, 0.25) is 11.9 Å². The molecule has 3 fully saturated rings. The number of nitrogens with zero attached hydrogens (tertiary/aromatic N) is 6. The van der Waals surface area contributed by atoms with Gasteiger partial charge in [0.25, 0.3) is 0 Å². The normalized spacial score (nSPS) is 23.8. The minimum absolute atomic E-state index is 0.0801. The van der Waals surface area contributed by atoms with Crippen molar-refractivity contribution < 1.29 is 4.79 Å². The lowest BCUT2D eigenvalue weighted by molar-refractivity contribution is -0.131. The Morgan fingerprint density at radius 3 is 2.94 bits per heavy atom. The maximum atomic E-state index is 13.2. The van der Waals surface area contributed by atoms with Gasteiger partial charge in [0.1, 0.15) is 11.6 Å². The van der Waals surface area contributed by atoms with Crippen LogP contribution in [0.4, 0.5) is 17.6 Å². The van der Waals surface area contributed by atoms with Crippen LogP contribution in [-0.4, -0.2) is 67.3 Å². The molecule has 10 heteroatoms. The molecule has 2 aliphatic heterocycles. The maximum absolute atomic E-state index is 13.2. The molecule has 5 heterocycles. The van der Waals surface area contributed by atoms with Gasteiger partial charge in [-0.2, -0.15) is 10.1 Å². The van der Waals surface area contributed by atoms with Crippen molar-refractivity contribution in [2.45, 2.75) is 50.1 Å². The fourth-order valence-corrected chi connectivity index (χ4v) is 4.72. The number of carbonyl (C=O) groups is 1. The van der Waals surface area contributed by atoms with E-state index in [1.807, 2.05) is 32.6 Å². The number of likely N-dealkylation sites (tertiary alicyclic amines) is 1. The van der Waals surface area contributed by atoms with Gasteiger partial charge in [-0.15, -0.1) is 5.10 Å². The summed E-state index contributed by atoms with van der Waals surface area (Å²) in [5, 5.41) is 15.6. The Morgan fingerprint density at radius 2 is 2.13 bits per heavy atom. The number of rotatable bonds is 5. The molecule has 0 radical (unpaired) electrons. The van der Waals surface area contributed by atoms with E-state index in [-0.39, 0.29) is 18.0 Å². The molecule has 1 amide bonds. The van der Waals surface area contributed by atoms with Crippen LogP contribution in [0.15, 0.2) is 24.4 Å². The van der Waals surface area contributed by atoms with Crippen molar-refractivity contribution in [2.75, 3.05) is 29.9 Å². The van der Waals surface area contributed by atoms with Crippen molar-refractivity contribution in [1.29, 1.82) is 0 Å². The standard InChI is InChI=1S/C21H27N9O/c22-14-7-10-28(12-14)20(31)17-4-1-8-29(17)21-24-19(16-3-2-9-30(16)27-21)23-18-11-15(25-26-18)13-5-6-13/h2-3,9,11,13-14,17H,1,4-8,10,12,22H2,(H2,23,24,25,26,27)/t14-,17-/m0/s1. The SMILES string of the molecule is N[C@H]1CCN(C(=O)[C@@H]2CCCN2c2nc(Nc3cc(C4CC4)[nH]n3)c3cccn3n2)C1. The molecule has 2 atom stereocenters. The van der Waals surface area contributed by atoms with Gasteiger partial charge in [-0.25, -0.2) is 4.52 Å². The number of amides is 1. The predicted octanol–water partition coefficient (Wildman–Crippen LogP) is 1.60. The molecule has 1 saturated carbocycles. The molecule has 0 spiro atoms. The molecular weight excluding hydrogens is 394 g/mol. The molecule has 3 aliphatic rings. The number of H-pyrrole nitrogens is 1. The van der Waals surface area contributed by atoms with E-state index >= 15 is 0 Å². The number of fused-ring (bicyclic) bond motifs is 1. The van der Waals surface area contributed by atoms with Crippen molar-refractivity contribution in [1.82, 2.24) is 29.7 Å². The highest BCUT2D eigenvalue weighted by molar-refractivity contribution is 5.86.